The number of nitrogens with zero attached hydrogens (tertiary/aromatic N) is 1. The van der Waals surface area contributed by atoms with E-state index in [9.17, 15) is 0 Å². The van der Waals surface area contributed by atoms with Gasteiger partial charge in [-0.3, -0.25) is 0 Å². The Morgan fingerprint density at radius 3 is 2.62 bits per heavy atom. The highest BCUT2D eigenvalue weighted by Crippen LogP contribution is 2.51. The van der Waals surface area contributed by atoms with Crippen LogP contribution < -0.4 is 0 Å². The molecular formula is C12H17N. The molecule has 5 atom stereocenters. The third-order valence-corrected chi connectivity index (χ3v) is 4.00. The van der Waals surface area contributed by atoms with Gasteiger partial charge in [0.15, 0.2) is 0 Å². The van der Waals surface area contributed by atoms with E-state index in [1.54, 1.807) is 0 Å². The molecule has 2 bridgehead atoms. The Morgan fingerprint density at radius 2 is 2.15 bits per heavy atom. The number of hydrogen-bond donors (Lipinski definition) is 0. The minimum atomic E-state index is 0.287. The zero-order valence-electron chi connectivity index (χ0n) is 8.40. The summed E-state index contributed by atoms with van der Waals surface area (Å²) in [7, 11) is 0. The molecule has 0 aliphatic heterocycles. The molecular weight excluding hydrogens is 158 g/mol. The standard InChI is InChI=1S/C12H17N/c1-3-9(7-13)12-8(2)10-4-5-11(12)6-10/h4-5,8-12H,3,6H2,1-2H3. The molecule has 2 aliphatic rings. The molecule has 0 aromatic heterocycles. The van der Waals surface area contributed by atoms with E-state index in [1.165, 1.54) is 6.42 Å². The SMILES string of the molecule is CCC(C#N)C1C2C=CC(C2)C1C. The number of nitriles is 1. The normalized spacial score (nSPS) is 43.5. The van der Waals surface area contributed by atoms with E-state index in [1.807, 2.05) is 0 Å². The van der Waals surface area contributed by atoms with Crippen molar-refractivity contribution in [2.24, 2.45) is 29.6 Å². The number of fused-ring (bicyclic) bond motifs is 2. The van der Waals surface area contributed by atoms with Crippen LogP contribution in [-0.2, 0) is 0 Å². The number of allylic oxidation sites excluding steroid dienone is 2. The number of hydrogen-bond acceptors (Lipinski definition) is 1. The average molecular weight is 175 g/mol. The Balaban J connectivity index is 2.17. The van der Waals surface area contributed by atoms with Crippen molar-refractivity contribution in [3.8, 4) is 6.07 Å². The maximum Gasteiger partial charge on any atom is 0.0658 e. The van der Waals surface area contributed by atoms with Gasteiger partial charge in [0.2, 0.25) is 0 Å². The lowest BCUT2D eigenvalue weighted by molar-refractivity contribution is 0.259. The van der Waals surface area contributed by atoms with Crippen molar-refractivity contribution in [3.05, 3.63) is 12.2 Å². The second kappa shape index (κ2) is 3.18. The summed E-state index contributed by atoms with van der Waals surface area (Å²) >= 11 is 0. The van der Waals surface area contributed by atoms with E-state index in [0.29, 0.717) is 11.8 Å². The van der Waals surface area contributed by atoms with Gasteiger partial charge in [0.1, 0.15) is 0 Å². The van der Waals surface area contributed by atoms with Gasteiger partial charge in [-0.1, -0.05) is 26.0 Å². The molecule has 1 saturated carbocycles. The molecule has 1 fully saturated rings. The van der Waals surface area contributed by atoms with Gasteiger partial charge in [-0.15, -0.1) is 0 Å². The van der Waals surface area contributed by atoms with Crippen molar-refractivity contribution >= 4 is 0 Å². The molecule has 0 amide bonds. The first-order valence-electron chi connectivity index (χ1n) is 5.35. The quantitative estimate of drug-likeness (QED) is 0.592. The molecule has 0 aromatic carbocycles. The lowest BCUT2D eigenvalue weighted by Gasteiger charge is -2.28. The molecule has 0 saturated heterocycles. The molecule has 0 radical (unpaired) electrons. The largest absolute Gasteiger partial charge is 0.198 e. The van der Waals surface area contributed by atoms with Crippen LogP contribution in [0.1, 0.15) is 26.7 Å². The Kier molecular flexibility index (Phi) is 2.15. The van der Waals surface area contributed by atoms with Crippen molar-refractivity contribution in [3.63, 3.8) is 0 Å². The molecule has 2 aliphatic carbocycles. The Hall–Kier alpha value is -0.770. The molecule has 2 rings (SSSR count). The minimum Gasteiger partial charge on any atom is -0.198 e. The first kappa shape index (κ1) is 8.81. The van der Waals surface area contributed by atoms with E-state index in [4.69, 9.17) is 5.26 Å². The monoisotopic (exact) mass is 175 g/mol. The van der Waals surface area contributed by atoms with Crippen LogP contribution in [0.3, 0.4) is 0 Å². The Bertz CT molecular complexity index is 261. The Morgan fingerprint density at radius 1 is 1.46 bits per heavy atom. The van der Waals surface area contributed by atoms with Crippen molar-refractivity contribution < 1.29 is 0 Å². The summed E-state index contributed by atoms with van der Waals surface area (Å²) in [6.07, 6.45) is 7.03. The van der Waals surface area contributed by atoms with Gasteiger partial charge in [-0.05, 0) is 36.5 Å². The second-order valence-corrected chi connectivity index (χ2v) is 4.53. The topological polar surface area (TPSA) is 23.8 Å². The summed E-state index contributed by atoms with van der Waals surface area (Å²) in [4.78, 5) is 0. The van der Waals surface area contributed by atoms with Gasteiger partial charge in [-0.2, -0.15) is 5.26 Å². The molecule has 1 nitrogen and oxygen atoms in total. The molecule has 0 heterocycles. The van der Waals surface area contributed by atoms with Gasteiger partial charge in [0.05, 0.1) is 6.07 Å². The van der Waals surface area contributed by atoms with Crippen LogP contribution in [0.15, 0.2) is 12.2 Å². The smallest absolute Gasteiger partial charge is 0.0658 e. The van der Waals surface area contributed by atoms with Gasteiger partial charge in [-0.25, -0.2) is 0 Å². The van der Waals surface area contributed by atoms with Crippen LogP contribution in [-0.4, -0.2) is 0 Å². The highest BCUT2D eigenvalue weighted by molar-refractivity contribution is 5.15. The predicted molar refractivity (Wildman–Crippen MR) is 52.8 cm³/mol. The summed E-state index contributed by atoms with van der Waals surface area (Å²) in [5.41, 5.74) is 0. The Labute approximate surface area is 80.4 Å². The molecule has 1 heteroatoms. The van der Waals surface area contributed by atoms with Gasteiger partial charge in [0.25, 0.3) is 0 Å². The summed E-state index contributed by atoms with van der Waals surface area (Å²) in [6.45, 7) is 4.45. The lowest BCUT2D eigenvalue weighted by atomic mass is 9.75. The minimum absolute atomic E-state index is 0.287. The van der Waals surface area contributed by atoms with E-state index in [2.05, 4.69) is 32.1 Å². The predicted octanol–water partition coefficient (Wildman–Crippen LogP) is 2.99. The van der Waals surface area contributed by atoms with Crippen LogP contribution >= 0.6 is 0 Å². The molecule has 0 aromatic rings. The van der Waals surface area contributed by atoms with Crippen LogP contribution in [0.2, 0.25) is 0 Å². The summed E-state index contributed by atoms with van der Waals surface area (Å²) in [6, 6.07) is 2.48. The van der Waals surface area contributed by atoms with Crippen molar-refractivity contribution in [2.45, 2.75) is 26.7 Å². The van der Waals surface area contributed by atoms with Crippen molar-refractivity contribution in [1.82, 2.24) is 0 Å². The van der Waals surface area contributed by atoms with Crippen LogP contribution in [0.5, 0.6) is 0 Å². The van der Waals surface area contributed by atoms with Crippen molar-refractivity contribution in [1.29, 1.82) is 5.26 Å². The van der Waals surface area contributed by atoms with Gasteiger partial charge in [0, 0.05) is 5.92 Å². The molecule has 13 heavy (non-hydrogen) atoms. The average Bonchev–Trinajstić information content (AvgIpc) is 2.70. The molecule has 0 N–H and O–H groups in total. The fraction of sp³-hybridized carbons (Fsp3) is 0.750. The lowest BCUT2D eigenvalue weighted by Crippen LogP contribution is -2.24. The fourth-order valence-corrected chi connectivity index (χ4v) is 3.22. The third kappa shape index (κ3) is 1.20. The first-order valence-corrected chi connectivity index (χ1v) is 5.35. The first-order chi connectivity index (χ1) is 6.27. The van der Waals surface area contributed by atoms with E-state index >= 15 is 0 Å². The molecule has 5 unspecified atom stereocenters. The zero-order valence-corrected chi connectivity index (χ0v) is 8.40. The fourth-order valence-electron chi connectivity index (χ4n) is 3.22. The molecule has 70 valence electrons. The highest BCUT2D eigenvalue weighted by Gasteiger charge is 2.44. The highest BCUT2D eigenvalue weighted by atomic mass is 14.5. The van der Waals surface area contributed by atoms with Gasteiger partial charge >= 0.3 is 0 Å². The van der Waals surface area contributed by atoms with Crippen molar-refractivity contribution in [2.75, 3.05) is 0 Å². The summed E-state index contributed by atoms with van der Waals surface area (Å²) < 4.78 is 0. The van der Waals surface area contributed by atoms with Crippen LogP contribution in [0, 0.1) is 40.9 Å². The second-order valence-electron chi connectivity index (χ2n) is 4.53. The molecule has 0 spiro atoms. The maximum atomic E-state index is 9.06. The van der Waals surface area contributed by atoms with E-state index in [0.717, 1.165) is 18.3 Å². The van der Waals surface area contributed by atoms with E-state index < -0.39 is 0 Å². The third-order valence-electron chi connectivity index (χ3n) is 4.00. The number of rotatable bonds is 2. The zero-order chi connectivity index (χ0) is 9.42. The van der Waals surface area contributed by atoms with Crippen LogP contribution in [0.4, 0.5) is 0 Å². The van der Waals surface area contributed by atoms with Gasteiger partial charge < -0.3 is 0 Å². The maximum absolute atomic E-state index is 9.06. The van der Waals surface area contributed by atoms with Crippen LogP contribution in [0.25, 0.3) is 0 Å². The summed E-state index contributed by atoms with van der Waals surface area (Å²) in [5.74, 6) is 3.15. The van der Waals surface area contributed by atoms with E-state index in [-0.39, 0.29) is 5.92 Å². The summed E-state index contributed by atoms with van der Waals surface area (Å²) in [5, 5.41) is 9.06.